The van der Waals surface area contributed by atoms with Crippen LogP contribution in [0, 0.1) is 21.8 Å². The molecule has 150 valence electrons. The number of nitrogens with one attached hydrogen (secondary N) is 1. The summed E-state index contributed by atoms with van der Waals surface area (Å²) in [6, 6.07) is 2.86. The van der Waals surface area contributed by atoms with E-state index in [2.05, 4.69) is 17.2 Å². The number of thiophene rings is 1. The Morgan fingerprint density at radius 3 is 3.03 bits per heavy atom. The molecule has 0 saturated heterocycles. The quantitative estimate of drug-likeness (QED) is 0.519. The molecule has 1 aliphatic rings. The largest absolute Gasteiger partial charge is 0.322 e. The second kappa shape index (κ2) is 7.36. The average Bonchev–Trinajstić information content (AvgIpc) is 3.03. The van der Waals surface area contributed by atoms with E-state index >= 15 is 0 Å². The topological polar surface area (TPSA) is 107 Å². The molecular weight excluding hydrogens is 399 g/mol. The van der Waals surface area contributed by atoms with Gasteiger partial charge in [-0.15, -0.1) is 11.3 Å². The van der Waals surface area contributed by atoms with Crippen LogP contribution in [0.1, 0.15) is 23.8 Å². The van der Waals surface area contributed by atoms with Gasteiger partial charge in [-0.3, -0.25) is 24.3 Å². The molecule has 1 aromatic carbocycles. The van der Waals surface area contributed by atoms with Crippen molar-refractivity contribution in [1.29, 1.82) is 0 Å². The second-order valence-electron chi connectivity index (χ2n) is 7.18. The van der Waals surface area contributed by atoms with E-state index in [1.165, 1.54) is 27.1 Å². The summed E-state index contributed by atoms with van der Waals surface area (Å²) in [6.07, 6.45) is 4.03. The van der Waals surface area contributed by atoms with Gasteiger partial charge in [0.25, 0.3) is 11.2 Å². The molecule has 4 rings (SSSR count). The molecule has 2 aromatic heterocycles. The van der Waals surface area contributed by atoms with E-state index in [0.29, 0.717) is 16.1 Å². The van der Waals surface area contributed by atoms with Crippen LogP contribution in [0.2, 0.25) is 0 Å². The van der Waals surface area contributed by atoms with Gasteiger partial charge in [0.2, 0.25) is 5.91 Å². The highest BCUT2D eigenvalue weighted by atomic mass is 32.1. The molecule has 0 fully saturated rings. The molecule has 1 aliphatic carbocycles. The lowest BCUT2D eigenvalue weighted by Crippen LogP contribution is -2.28. The van der Waals surface area contributed by atoms with Gasteiger partial charge < -0.3 is 5.32 Å². The van der Waals surface area contributed by atoms with Crippen LogP contribution in [0.25, 0.3) is 10.2 Å². The van der Waals surface area contributed by atoms with Gasteiger partial charge in [-0.05, 0) is 36.8 Å². The van der Waals surface area contributed by atoms with E-state index in [1.54, 1.807) is 0 Å². The predicted octanol–water partition coefficient (Wildman–Crippen LogP) is 3.27. The number of carbonyl (C=O) groups is 1. The molecule has 0 bridgehead atoms. The maximum absolute atomic E-state index is 13.9. The van der Waals surface area contributed by atoms with Gasteiger partial charge in [0.1, 0.15) is 17.2 Å². The number of amides is 1. The van der Waals surface area contributed by atoms with Crippen molar-refractivity contribution in [3.8, 4) is 0 Å². The van der Waals surface area contributed by atoms with Gasteiger partial charge in [0, 0.05) is 17.0 Å². The van der Waals surface area contributed by atoms with Crippen molar-refractivity contribution in [3.63, 3.8) is 0 Å². The van der Waals surface area contributed by atoms with Crippen LogP contribution in [0.3, 0.4) is 0 Å². The standard InChI is InChI=1S/C19H17FN4O4S/c1-10-2-4-12-15(6-10)29-18-17(12)19(26)23(9-21-18)8-16(25)22-14-7-11(24(27)28)3-5-13(14)20/h3,5,7,9-10H,2,4,6,8H2,1H3,(H,22,25)/t10-/m1/s1. The Labute approximate surface area is 168 Å². The molecule has 0 aliphatic heterocycles. The average molecular weight is 416 g/mol. The fourth-order valence-corrected chi connectivity index (χ4v) is 4.89. The van der Waals surface area contributed by atoms with E-state index < -0.39 is 16.6 Å². The van der Waals surface area contributed by atoms with E-state index in [9.17, 15) is 24.1 Å². The van der Waals surface area contributed by atoms with Crippen molar-refractivity contribution < 1.29 is 14.1 Å². The minimum absolute atomic E-state index is 0.309. The van der Waals surface area contributed by atoms with Crippen molar-refractivity contribution in [2.75, 3.05) is 5.32 Å². The summed E-state index contributed by atoms with van der Waals surface area (Å²) < 4.78 is 15.1. The van der Waals surface area contributed by atoms with Gasteiger partial charge in [-0.1, -0.05) is 6.92 Å². The van der Waals surface area contributed by atoms with Crippen LogP contribution < -0.4 is 10.9 Å². The van der Waals surface area contributed by atoms with Crippen molar-refractivity contribution in [2.45, 2.75) is 32.7 Å². The van der Waals surface area contributed by atoms with Crippen LogP contribution in [0.15, 0.2) is 29.3 Å². The van der Waals surface area contributed by atoms with Crippen LogP contribution in [0.4, 0.5) is 15.8 Å². The van der Waals surface area contributed by atoms with E-state index in [0.717, 1.165) is 43.0 Å². The van der Waals surface area contributed by atoms with E-state index in [-0.39, 0.29) is 23.5 Å². The highest BCUT2D eigenvalue weighted by Crippen LogP contribution is 2.35. The highest BCUT2D eigenvalue weighted by molar-refractivity contribution is 7.18. The first-order valence-electron chi connectivity index (χ1n) is 9.07. The number of aromatic nitrogens is 2. The number of halogens is 1. The number of carbonyl (C=O) groups excluding carboxylic acids is 1. The number of non-ortho nitro benzene ring substituents is 1. The number of hydrogen-bond acceptors (Lipinski definition) is 6. The number of benzene rings is 1. The number of aryl methyl sites for hydroxylation is 1. The van der Waals surface area contributed by atoms with Crippen molar-refractivity contribution in [1.82, 2.24) is 9.55 Å². The molecule has 0 saturated carbocycles. The molecule has 1 amide bonds. The lowest BCUT2D eigenvalue weighted by molar-refractivity contribution is -0.384. The van der Waals surface area contributed by atoms with Gasteiger partial charge in [-0.2, -0.15) is 0 Å². The number of hydrogen-bond donors (Lipinski definition) is 1. The summed E-state index contributed by atoms with van der Waals surface area (Å²) in [6.45, 7) is 1.81. The van der Waals surface area contributed by atoms with Crippen molar-refractivity contribution in [2.24, 2.45) is 5.92 Å². The lowest BCUT2D eigenvalue weighted by Gasteiger charge is -2.17. The minimum atomic E-state index is -0.800. The first kappa shape index (κ1) is 19.2. The smallest absolute Gasteiger partial charge is 0.271 e. The molecule has 0 radical (unpaired) electrons. The Balaban J connectivity index is 1.61. The number of nitrogens with zero attached hydrogens (tertiary/aromatic N) is 3. The summed E-state index contributed by atoms with van der Waals surface area (Å²) in [5, 5.41) is 13.7. The molecule has 8 nitrogen and oxygen atoms in total. The second-order valence-corrected chi connectivity index (χ2v) is 8.26. The summed E-state index contributed by atoms with van der Waals surface area (Å²) >= 11 is 1.52. The summed E-state index contributed by atoms with van der Waals surface area (Å²) in [4.78, 5) is 41.6. The third-order valence-electron chi connectivity index (χ3n) is 5.03. The maximum atomic E-state index is 13.9. The SMILES string of the molecule is C[C@@H]1CCc2c(sc3ncn(CC(=O)Nc4cc([N+](=O)[O-])ccc4F)c(=O)c23)C1. The predicted molar refractivity (Wildman–Crippen MR) is 107 cm³/mol. The van der Waals surface area contributed by atoms with Gasteiger partial charge in [0.15, 0.2) is 0 Å². The van der Waals surface area contributed by atoms with Crippen LogP contribution in [-0.2, 0) is 24.2 Å². The first-order chi connectivity index (χ1) is 13.8. The van der Waals surface area contributed by atoms with Gasteiger partial charge >= 0.3 is 0 Å². The van der Waals surface area contributed by atoms with Crippen molar-refractivity contribution >= 4 is 38.8 Å². The zero-order valence-corrected chi connectivity index (χ0v) is 16.3. The van der Waals surface area contributed by atoms with E-state index in [4.69, 9.17) is 0 Å². The molecule has 0 unspecified atom stereocenters. The number of fused-ring (bicyclic) bond motifs is 3. The van der Waals surface area contributed by atoms with Crippen LogP contribution in [0.5, 0.6) is 0 Å². The van der Waals surface area contributed by atoms with E-state index in [1.807, 2.05) is 0 Å². The fourth-order valence-electron chi connectivity index (χ4n) is 3.55. The normalized spacial score (nSPS) is 15.9. The Morgan fingerprint density at radius 2 is 2.28 bits per heavy atom. The van der Waals surface area contributed by atoms with Crippen LogP contribution >= 0.6 is 11.3 Å². The lowest BCUT2D eigenvalue weighted by atomic mass is 9.89. The monoisotopic (exact) mass is 416 g/mol. The number of anilines is 1. The fraction of sp³-hybridized carbons (Fsp3) is 0.316. The molecular formula is C19H17FN4O4S. The maximum Gasteiger partial charge on any atom is 0.271 e. The first-order valence-corrected chi connectivity index (χ1v) is 9.88. The number of nitro benzene ring substituents is 1. The molecule has 10 heteroatoms. The molecule has 1 atom stereocenters. The van der Waals surface area contributed by atoms with Gasteiger partial charge in [-0.25, -0.2) is 9.37 Å². The Bertz CT molecular complexity index is 1200. The Hall–Kier alpha value is -3.14. The third kappa shape index (κ3) is 3.63. The number of nitro groups is 1. The summed E-state index contributed by atoms with van der Waals surface area (Å²) in [7, 11) is 0. The highest BCUT2D eigenvalue weighted by Gasteiger charge is 2.23. The molecule has 29 heavy (non-hydrogen) atoms. The molecule has 0 spiro atoms. The Morgan fingerprint density at radius 1 is 1.48 bits per heavy atom. The third-order valence-corrected chi connectivity index (χ3v) is 6.19. The Kier molecular flexibility index (Phi) is 4.87. The molecule has 3 aromatic rings. The zero-order valence-electron chi connectivity index (χ0n) is 15.5. The minimum Gasteiger partial charge on any atom is -0.322 e. The zero-order chi connectivity index (χ0) is 20.7. The number of rotatable bonds is 4. The van der Waals surface area contributed by atoms with Crippen molar-refractivity contribution in [3.05, 3.63) is 61.3 Å². The summed E-state index contributed by atoms with van der Waals surface area (Å²) in [5.41, 5.74) is 0.0473. The van der Waals surface area contributed by atoms with Crippen LogP contribution in [-0.4, -0.2) is 20.4 Å². The molecule has 1 N–H and O–H groups in total. The summed E-state index contributed by atoms with van der Waals surface area (Å²) in [5.74, 6) is -0.912. The molecule has 2 heterocycles. The van der Waals surface area contributed by atoms with Gasteiger partial charge in [0.05, 0.1) is 22.3 Å².